The molecule has 0 atom stereocenters. The molecule has 1 saturated heterocycles. The minimum atomic E-state index is -3.83. The first kappa shape index (κ1) is 23.5. The number of nitrogens with zero attached hydrogens (tertiary/aromatic N) is 6. The first-order valence-electron chi connectivity index (χ1n) is 10.6. The van der Waals surface area contributed by atoms with Gasteiger partial charge in [-0.2, -0.15) is 14.2 Å². The summed E-state index contributed by atoms with van der Waals surface area (Å²) in [6.07, 6.45) is 0. The van der Waals surface area contributed by atoms with Crippen molar-refractivity contribution in [3.8, 4) is 5.69 Å². The van der Waals surface area contributed by atoms with Gasteiger partial charge >= 0.3 is 0 Å². The maximum absolute atomic E-state index is 13.1. The molecule has 0 radical (unpaired) electrons. The average Bonchev–Trinajstić information content (AvgIpc) is 3.19. The fourth-order valence-electron chi connectivity index (χ4n) is 3.88. The molecule has 0 saturated carbocycles. The van der Waals surface area contributed by atoms with Gasteiger partial charge in [-0.25, -0.2) is 8.42 Å². The predicted octanol–water partition coefficient (Wildman–Crippen LogP) is 2.25. The SMILES string of the molecule is Cc1ccc(-n2nc(C)c(C(=O)N3CCN(S(=O)(=O)c4ccc([N+](=O)[O-])cc4)CC3)n2)c(C)c1. The molecule has 1 aromatic heterocycles. The van der Waals surface area contributed by atoms with E-state index in [0.717, 1.165) is 28.9 Å². The van der Waals surface area contributed by atoms with Crippen molar-refractivity contribution in [2.45, 2.75) is 25.7 Å². The molecule has 1 amide bonds. The Morgan fingerprint density at radius 1 is 0.971 bits per heavy atom. The van der Waals surface area contributed by atoms with E-state index in [-0.39, 0.29) is 48.4 Å². The van der Waals surface area contributed by atoms with Gasteiger partial charge in [0.2, 0.25) is 10.0 Å². The lowest BCUT2D eigenvalue weighted by atomic mass is 10.1. The Balaban J connectivity index is 1.47. The Morgan fingerprint density at radius 2 is 1.62 bits per heavy atom. The molecule has 0 bridgehead atoms. The zero-order valence-electron chi connectivity index (χ0n) is 19.0. The molecule has 11 nitrogen and oxygen atoms in total. The second-order valence-electron chi connectivity index (χ2n) is 8.16. The molecule has 4 rings (SSSR count). The normalized spacial score (nSPS) is 14.9. The first-order valence-corrected chi connectivity index (χ1v) is 12.1. The van der Waals surface area contributed by atoms with E-state index < -0.39 is 14.9 Å². The second kappa shape index (κ2) is 8.95. The average molecular weight is 485 g/mol. The van der Waals surface area contributed by atoms with E-state index in [1.165, 1.54) is 21.2 Å². The van der Waals surface area contributed by atoms with Crippen LogP contribution in [0.2, 0.25) is 0 Å². The van der Waals surface area contributed by atoms with Crippen LogP contribution < -0.4 is 0 Å². The van der Waals surface area contributed by atoms with Crippen LogP contribution in [0.3, 0.4) is 0 Å². The summed E-state index contributed by atoms with van der Waals surface area (Å²) >= 11 is 0. The number of carbonyl (C=O) groups is 1. The van der Waals surface area contributed by atoms with E-state index in [1.54, 1.807) is 11.8 Å². The molecule has 34 heavy (non-hydrogen) atoms. The molecule has 0 unspecified atom stereocenters. The summed E-state index contributed by atoms with van der Waals surface area (Å²) in [6, 6.07) is 10.6. The number of nitro benzene ring substituents is 1. The van der Waals surface area contributed by atoms with Gasteiger partial charge in [-0.15, -0.1) is 5.10 Å². The van der Waals surface area contributed by atoms with Crippen LogP contribution in [0, 0.1) is 30.9 Å². The summed E-state index contributed by atoms with van der Waals surface area (Å²) < 4.78 is 27.1. The number of carbonyl (C=O) groups excluding carboxylic acids is 1. The van der Waals surface area contributed by atoms with Crippen LogP contribution in [-0.4, -0.2) is 69.6 Å². The van der Waals surface area contributed by atoms with Gasteiger partial charge < -0.3 is 4.90 Å². The van der Waals surface area contributed by atoms with Crippen molar-refractivity contribution in [2.24, 2.45) is 0 Å². The molecule has 2 aromatic carbocycles. The zero-order chi connectivity index (χ0) is 24.6. The summed E-state index contributed by atoms with van der Waals surface area (Å²) in [7, 11) is -3.83. The Labute approximate surface area is 196 Å². The number of piperazine rings is 1. The summed E-state index contributed by atoms with van der Waals surface area (Å²) in [4.78, 5) is 26.3. The van der Waals surface area contributed by atoms with Crippen molar-refractivity contribution in [1.82, 2.24) is 24.2 Å². The number of benzene rings is 2. The molecule has 0 spiro atoms. The number of rotatable bonds is 5. The number of aromatic nitrogens is 3. The van der Waals surface area contributed by atoms with E-state index in [0.29, 0.717) is 5.69 Å². The summed E-state index contributed by atoms with van der Waals surface area (Å²) in [5, 5.41) is 19.6. The molecular formula is C22H24N6O5S. The third kappa shape index (κ3) is 4.41. The Morgan fingerprint density at radius 3 is 2.21 bits per heavy atom. The smallest absolute Gasteiger partial charge is 0.276 e. The van der Waals surface area contributed by atoms with Gasteiger partial charge in [0.1, 0.15) is 0 Å². The van der Waals surface area contributed by atoms with Gasteiger partial charge in [0.15, 0.2) is 5.69 Å². The third-order valence-electron chi connectivity index (χ3n) is 5.76. The van der Waals surface area contributed by atoms with Gasteiger partial charge in [0.05, 0.1) is 21.2 Å². The standard InChI is InChI=1S/C22H24N6O5S/c1-15-4-9-20(16(2)14-15)27-23-17(3)21(24-27)22(29)25-10-12-26(13-11-25)34(32,33)19-7-5-18(6-8-19)28(30)31/h4-9,14H,10-13H2,1-3H3. The van der Waals surface area contributed by atoms with Gasteiger partial charge in [-0.3, -0.25) is 14.9 Å². The maximum atomic E-state index is 13.1. The third-order valence-corrected chi connectivity index (χ3v) is 7.68. The van der Waals surface area contributed by atoms with Gasteiger partial charge in [0, 0.05) is 38.3 Å². The van der Waals surface area contributed by atoms with Crippen molar-refractivity contribution in [3.63, 3.8) is 0 Å². The summed E-state index contributed by atoms with van der Waals surface area (Å²) in [6.45, 7) is 6.27. The van der Waals surface area contributed by atoms with Crippen LogP contribution in [0.1, 0.15) is 27.3 Å². The second-order valence-corrected chi connectivity index (χ2v) is 10.1. The van der Waals surface area contributed by atoms with Crippen molar-refractivity contribution >= 4 is 21.6 Å². The minimum absolute atomic E-state index is 0.0230. The van der Waals surface area contributed by atoms with E-state index >= 15 is 0 Å². The van der Waals surface area contributed by atoms with Crippen molar-refractivity contribution in [2.75, 3.05) is 26.2 Å². The topological polar surface area (TPSA) is 132 Å². The molecule has 1 fully saturated rings. The minimum Gasteiger partial charge on any atom is -0.335 e. The highest BCUT2D eigenvalue weighted by Crippen LogP contribution is 2.22. The van der Waals surface area contributed by atoms with Crippen molar-refractivity contribution in [1.29, 1.82) is 0 Å². The number of amides is 1. The highest BCUT2D eigenvalue weighted by Gasteiger charge is 2.32. The predicted molar refractivity (Wildman–Crippen MR) is 123 cm³/mol. The quantitative estimate of drug-likeness (QED) is 0.401. The monoisotopic (exact) mass is 484 g/mol. The van der Waals surface area contributed by atoms with Gasteiger partial charge in [-0.05, 0) is 44.5 Å². The van der Waals surface area contributed by atoms with E-state index in [1.807, 2.05) is 32.0 Å². The Hall–Kier alpha value is -3.64. The lowest BCUT2D eigenvalue weighted by molar-refractivity contribution is -0.384. The molecule has 12 heteroatoms. The fraction of sp³-hybridized carbons (Fsp3) is 0.318. The van der Waals surface area contributed by atoms with Crippen LogP contribution >= 0.6 is 0 Å². The molecule has 1 aliphatic heterocycles. The van der Waals surface area contributed by atoms with Gasteiger partial charge in [-0.1, -0.05) is 17.7 Å². The lowest BCUT2D eigenvalue weighted by Gasteiger charge is -2.33. The molecule has 3 aromatic rings. The molecule has 2 heterocycles. The Bertz CT molecular complexity index is 1360. The van der Waals surface area contributed by atoms with E-state index in [2.05, 4.69) is 10.2 Å². The number of sulfonamides is 1. The number of nitro groups is 1. The zero-order valence-corrected chi connectivity index (χ0v) is 19.8. The van der Waals surface area contributed by atoms with Crippen LogP contribution in [0.15, 0.2) is 47.4 Å². The molecular weight excluding hydrogens is 460 g/mol. The lowest BCUT2D eigenvalue weighted by Crippen LogP contribution is -2.50. The van der Waals surface area contributed by atoms with Crippen molar-refractivity contribution in [3.05, 3.63) is 75.1 Å². The maximum Gasteiger partial charge on any atom is 0.276 e. The number of hydrogen-bond donors (Lipinski definition) is 0. The van der Waals surface area contributed by atoms with Crippen LogP contribution in [0.25, 0.3) is 5.69 Å². The van der Waals surface area contributed by atoms with Crippen LogP contribution in [0.4, 0.5) is 5.69 Å². The largest absolute Gasteiger partial charge is 0.335 e. The highest BCUT2D eigenvalue weighted by molar-refractivity contribution is 7.89. The first-order chi connectivity index (χ1) is 16.1. The van der Waals surface area contributed by atoms with Crippen LogP contribution in [-0.2, 0) is 10.0 Å². The van der Waals surface area contributed by atoms with Crippen molar-refractivity contribution < 1.29 is 18.1 Å². The number of hydrogen-bond acceptors (Lipinski definition) is 7. The number of aryl methyl sites for hydroxylation is 3. The highest BCUT2D eigenvalue weighted by atomic mass is 32.2. The molecule has 1 aliphatic rings. The summed E-state index contributed by atoms with van der Waals surface area (Å²) in [5.74, 6) is -0.305. The van der Waals surface area contributed by atoms with Crippen LogP contribution in [0.5, 0.6) is 0 Å². The van der Waals surface area contributed by atoms with E-state index in [9.17, 15) is 23.3 Å². The molecule has 0 aliphatic carbocycles. The van der Waals surface area contributed by atoms with Gasteiger partial charge in [0.25, 0.3) is 11.6 Å². The molecule has 178 valence electrons. The number of non-ortho nitro benzene ring substituents is 1. The Kier molecular flexibility index (Phi) is 6.19. The molecule has 0 N–H and O–H groups in total. The summed E-state index contributed by atoms with van der Waals surface area (Å²) in [5.41, 5.74) is 3.42. The van der Waals surface area contributed by atoms with E-state index in [4.69, 9.17) is 0 Å². The fourth-order valence-corrected chi connectivity index (χ4v) is 5.31.